The minimum Gasteiger partial charge on any atom is -0.332 e. The number of nitrogens with one attached hydrogen (secondary N) is 1. The topological polar surface area (TPSA) is 29.9 Å². The zero-order valence-corrected chi connectivity index (χ0v) is 10.4. The van der Waals surface area contributed by atoms with Crippen LogP contribution >= 0.6 is 0 Å². The molecule has 2 rings (SSSR count). The number of hydrogen-bond donors (Lipinski definition) is 1. The highest BCUT2D eigenvalue weighted by Crippen LogP contribution is 2.35. The average Bonchev–Trinajstić information content (AvgIpc) is 3.03. The lowest BCUT2D eigenvalue weighted by Crippen LogP contribution is -2.27. The van der Waals surface area contributed by atoms with Crippen molar-refractivity contribution in [1.29, 1.82) is 0 Å². The third-order valence-electron chi connectivity index (χ3n) is 3.26. The summed E-state index contributed by atoms with van der Waals surface area (Å²) in [6.07, 6.45) is 10.3. The van der Waals surface area contributed by atoms with Crippen molar-refractivity contribution in [3.05, 3.63) is 18.2 Å². The first-order valence-electron chi connectivity index (χ1n) is 6.55. The molecule has 1 aromatic rings. The van der Waals surface area contributed by atoms with Crippen molar-refractivity contribution >= 4 is 0 Å². The lowest BCUT2D eigenvalue weighted by atomic mass is 10.1. The van der Waals surface area contributed by atoms with E-state index in [1.807, 2.05) is 12.5 Å². The molecule has 0 bridgehead atoms. The minimum absolute atomic E-state index is 0.613. The summed E-state index contributed by atoms with van der Waals surface area (Å²) in [6, 6.07) is 1.37. The van der Waals surface area contributed by atoms with E-state index in [1.54, 1.807) is 0 Å². The lowest BCUT2D eigenvalue weighted by molar-refractivity contribution is 0.505. The maximum atomic E-state index is 4.27. The number of rotatable bonds is 7. The van der Waals surface area contributed by atoms with E-state index in [9.17, 15) is 0 Å². The van der Waals surface area contributed by atoms with Gasteiger partial charge in [0.1, 0.15) is 0 Å². The highest BCUT2D eigenvalue weighted by molar-refractivity contribution is 5.03. The van der Waals surface area contributed by atoms with Gasteiger partial charge in [-0.2, -0.15) is 0 Å². The van der Waals surface area contributed by atoms with E-state index in [-0.39, 0.29) is 0 Å². The van der Waals surface area contributed by atoms with Crippen LogP contribution in [0.15, 0.2) is 12.5 Å². The van der Waals surface area contributed by atoms with Crippen LogP contribution in [-0.4, -0.2) is 22.1 Å². The van der Waals surface area contributed by atoms with Crippen LogP contribution in [0, 0.1) is 0 Å². The first-order valence-corrected chi connectivity index (χ1v) is 6.55. The molecule has 1 atom stereocenters. The second kappa shape index (κ2) is 5.48. The van der Waals surface area contributed by atoms with Crippen molar-refractivity contribution in [2.45, 2.75) is 58.0 Å². The molecule has 16 heavy (non-hydrogen) atoms. The van der Waals surface area contributed by atoms with Crippen LogP contribution in [0.25, 0.3) is 0 Å². The molecule has 0 saturated heterocycles. The quantitative estimate of drug-likeness (QED) is 0.767. The molecule has 1 heterocycles. The zero-order chi connectivity index (χ0) is 11.4. The molecule has 1 unspecified atom stereocenters. The van der Waals surface area contributed by atoms with E-state index < -0.39 is 0 Å². The molecule has 90 valence electrons. The van der Waals surface area contributed by atoms with Gasteiger partial charge < -0.3 is 9.88 Å². The number of aromatic nitrogens is 2. The third kappa shape index (κ3) is 3.08. The molecule has 0 radical (unpaired) electrons. The first-order chi connectivity index (χ1) is 7.81. The summed E-state index contributed by atoms with van der Waals surface area (Å²) in [7, 11) is 0. The SMILES string of the molecule is CCCNC(C)CCc1cncn1C1CC1. The Morgan fingerprint density at radius 2 is 2.38 bits per heavy atom. The van der Waals surface area contributed by atoms with Crippen molar-refractivity contribution in [1.82, 2.24) is 14.9 Å². The van der Waals surface area contributed by atoms with Gasteiger partial charge in [-0.1, -0.05) is 6.92 Å². The maximum Gasteiger partial charge on any atom is 0.0950 e. The molecule has 0 amide bonds. The normalized spacial score (nSPS) is 17.6. The van der Waals surface area contributed by atoms with E-state index in [0.717, 1.165) is 19.0 Å². The van der Waals surface area contributed by atoms with Crippen LogP contribution in [0.1, 0.15) is 51.3 Å². The van der Waals surface area contributed by atoms with Crippen LogP contribution in [0.4, 0.5) is 0 Å². The molecule has 1 fully saturated rings. The Labute approximate surface area is 98.3 Å². The molecule has 1 saturated carbocycles. The lowest BCUT2D eigenvalue weighted by Gasteiger charge is -2.13. The fourth-order valence-electron chi connectivity index (χ4n) is 2.06. The highest BCUT2D eigenvalue weighted by Gasteiger charge is 2.24. The standard InChI is InChI=1S/C13H23N3/c1-3-8-15-11(2)4-5-13-9-14-10-16(13)12-6-7-12/h9-12,15H,3-8H2,1-2H3. The Bertz CT molecular complexity index is 315. The van der Waals surface area contributed by atoms with Gasteiger partial charge in [0.05, 0.1) is 6.33 Å². The fraction of sp³-hybridized carbons (Fsp3) is 0.769. The maximum absolute atomic E-state index is 4.27. The van der Waals surface area contributed by atoms with Gasteiger partial charge >= 0.3 is 0 Å². The van der Waals surface area contributed by atoms with Crippen molar-refractivity contribution in [3.63, 3.8) is 0 Å². The van der Waals surface area contributed by atoms with Gasteiger partial charge in [-0.25, -0.2) is 4.98 Å². The van der Waals surface area contributed by atoms with Crippen LogP contribution in [-0.2, 0) is 6.42 Å². The predicted octanol–water partition coefficient (Wildman–Crippen LogP) is 2.54. The van der Waals surface area contributed by atoms with Gasteiger partial charge in [-0.15, -0.1) is 0 Å². The average molecular weight is 221 g/mol. The highest BCUT2D eigenvalue weighted by atomic mass is 15.1. The second-order valence-electron chi connectivity index (χ2n) is 4.92. The molecule has 0 spiro atoms. The number of nitrogens with zero attached hydrogens (tertiary/aromatic N) is 2. The van der Waals surface area contributed by atoms with Crippen LogP contribution < -0.4 is 5.32 Å². The van der Waals surface area contributed by atoms with Crippen LogP contribution in [0.2, 0.25) is 0 Å². The third-order valence-corrected chi connectivity index (χ3v) is 3.26. The summed E-state index contributed by atoms with van der Waals surface area (Å²) in [5, 5.41) is 3.53. The summed E-state index contributed by atoms with van der Waals surface area (Å²) in [5.74, 6) is 0. The molecule has 0 aliphatic heterocycles. The summed E-state index contributed by atoms with van der Waals surface area (Å²) in [4.78, 5) is 4.27. The van der Waals surface area contributed by atoms with E-state index in [1.165, 1.54) is 31.4 Å². The molecule has 0 aromatic carbocycles. The van der Waals surface area contributed by atoms with E-state index in [0.29, 0.717) is 6.04 Å². The smallest absolute Gasteiger partial charge is 0.0950 e. The van der Waals surface area contributed by atoms with Crippen molar-refractivity contribution in [2.24, 2.45) is 0 Å². The van der Waals surface area contributed by atoms with Crippen molar-refractivity contribution in [3.8, 4) is 0 Å². The van der Waals surface area contributed by atoms with Crippen LogP contribution in [0.3, 0.4) is 0 Å². The summed E-state index contributed by atoms with van der Waals surface area (Å²) in [6.45, 7) is 5.61. The molecule has 1 N–H and O–H groups in total. The van der Waals surface area contributed by atoms with Crippen molar-refractivity contribution < 1.29 is 0 Å². The molecule has 3 heteroatoms. The number of aryl methyl sites for hydroxylation is 1. The van der Waals surface area contributed by atoms with Crippen molar-refractivity contribution in [2.75, 3.05) is 6.54 Å². The van der Waals surface area contributed by atoms with Crippen LogP contribution in [0.5, 0.6) is 0 Å². The van der Waals surface area contributed by atoms with E-state index >= 15 is 0 Å². The molecular formula is C13H23N3. The largest absolute Gasteiger partial charge is 0.332 e. The summed E-state index contributed by atoms with van der Waals surface area (Å²) < 4.78 is 2.37. The monoisotopic (exact) mass is 221 g/mol. The Kier molecular flexibility index (Phi) is 3.99. The van der Waals surface area contributed by atoms with E-state index in [4.69, 9.17) is 0 Å². The second-order valence-corrected chi connectivity index (χ2v) is 4.92. The predicted molar refractivity (Wildman–Crippen MR) is 66.6 cm³/mol. The molecule has 1 aliphatic rings. The molecule has 1 aromatic heterocycles. The Morgan fingerprint density at radius 3 is 3.06 bits per heavy atom. The molecule has 1 aliphatic carbocycles. The Hall–Kier alpha value is -0.830. The Morgan fingerprint density at radius 1 is 1.56 bits per heavy atom. The molecule has 3 nitrogen and oxygen atoms in total. The number of imidazole rings is 1. The van der Waals surface area contributed by atoms with E-state index in [2.05, 4.69) is 28.7 Å². The van der Waals surface area contributed by atoms with Gasteiger partial charge in [0.25, 0.3) is 0 Å². The van der Waals surface area contributed by atoms with Gasteiger partial charge in [0, 0.05) is 24.0 Å². The van der Waals surface area contributed by atoms with Gasteiger partial charge in [-0.05, 0) is 45.6 Å². The fourth-order valence-corrected chi connectivity index (χ4v) is 2.06. The first kappa shape index (κ1) is 11.6. The Balaban J connectivity index is 1.77. The molecular weight excluding hydrogens is 198 g/mol. The summed E-state index contributed by atoms with van der Waals surface area (Å²) in [5.41, 5.74) is 1.41. The minimum atomic E-state index is 0.613. The zero-order valence-electron chi connectivity index (χ0n) is 10.4. The van der Waals surface area contributed by atoms with Gasteiger partial charge in [0.2, 0.25) is 0 Å². The van der Waals surface area contributed by atoms with Gasteiger partial charge in [-0.3, -0.25) is 0 Å². The number of hydrogen-bond acceptors (Lipinski definition) is 2. The van der Waals surface area contributed by atoms with Gasteiger partial charge in [0.15, 0.2) is 0 Å². The summed E-state index contributed by atoms with van der Waals surface area (Å²) >= 11 is 0.